The number of carbonyl (C=O) groups excluding carboxylic acids is 1. The van der Waals surface area contributed by atoms with Crippen LogP contribution in [0.2, 0.25) is 0 Å². The lowest BCUT2D eigenvalue weighted by Crippen LogP contribution is -2.53. The maximum Gasteiger partial charge on any atom is 0.219 e. The number of aliphatic imine (C=N–C) groups is 1. The van der Waals surface area contributed by atoms with Gasteiger partial charge in [-0.1, -0.05) is 0 Å². The number of amides is 1. The van der Waals surface area contributed by atoms with Crippen LogP contribution in [0.1, 0.15) is 20.3 Å². The highest BCUT2D eigenvalue weighted by molar-refractivity contribution is 14.0. The number of halogens is 1. The quantitative estimate of drug-likeness (QED) is 0.369. The van der Waals surface area contributed by atoms with E-state index >= 15 is 0 Å². The highest BCUT2D eigenvalue weighted by atomic mass is 127. The molecular weight excluding hydrogens is 431 g/mol. The summed E-state index contributed by atoms with van der Waals surface area (Å²) in [5.74, 6) is 1.16. The van der Waals surface area contributed by atoms with E-state index < -0.39 is 0 Å². The van der Waals surface area contributed by atoms with Crippen molar-refractivity contribution in [2.45, 2.75) is 20.3 Å². The van der Waals surface area contributed by atoms with E-state index in [1.165, 1.54) is 19.5 Å². The Balaban J connectivity index is 0.00000312. The van der Waals surface area contributed by atoms with Gasteiger partial charge in [0.25, 0.3) is 0 Å². The normalized spacial score (nSPS) is 20.8. The van der Waals surface area contributed by atoms with Gasteiger partial charge >= 0.3 is 0 Å². The number of hydrogen-bond donors (Lipinski definition) is 1. The molecule has 0 aromatic rings. The van der Waals surface area contributed by atoms with Gasteiger partial charge < -0.3 is 24.9 Å². The van der Waals surface area contributed by atoms with Crippen LogP contribution in [-0.4, -0.2) is 111 Å². The van der Waals surface area contributed by atoms with Crippen molar-refractivity contribution in [2.75, 3.05) is 79.0 Å². The topological polar surface area (TPSA) is 54.4 Å². The van der Waals surface area contributed by atoms with Crippen LogP contribution < -0.4 is 5.32 Å². The van der Waals surface area contributed by atoms with Gasteiger partial charge in [0.05, 0.1) is 6.54 Å². The Morgan fingerprint density at radius 1 is 1.00 bits per heavy atom. The van der Waals surface area contributed by atoms with Crippen molar-refractivity contribution in [2.24, 2.45) is 4.99 Å². The summed E-state index contributed by atoms with van der Waals surface area (Å²) in [6.45, 7) is 14.4. The third-order valence-electron chi connectivity index (χ3n) is 4.85. The van der Waals surface area contributed by atoms with Crippen LogP contribution in [0.25, 0.3) is 0 Å². The molecule has 146 valence electrons. The molecule has 2 rings (SSSR count). The van der Waals surface area contributed by atoms with Gasteiger partial charge in [0.1, 0.15) is 0 Å². The molecule has 0 spiro atoms. The van der Waals surface area contributed by atoms with Gasteiger partial charge in [-0.05, 0) is 33.5 Å². The Morgan fingerprint density at radius 3 is 2.32 bits per heavy atom. The molecule has 1 N–H and O–H groups in total. The predicted molar refractivity (Wildman–Crippen MR) is 114 cm³/mol. The number of carbonyl (C=O) groups is 1. The van der Waals surface area contributed by atoms with E-state index in [0.717, 1.165) is 64.9 Å². The monoisotopic (exact) mass is 466 g/mol. The molecule has 2 heterocycles. The number of guanidine groups is 1. The minimum Gasteiger partial charge on any atom is -0.357 e. The molecule has 0 aromatic carbocycles. The van der Waals surface area contributed by atoms with Gasteiger partial charge in [0.2, 0.25) is 5.91 Å². The third-order valence-corrected chi connectivity index (χ3v) is 4.85. The van der Waals surface area contributed by atoms with Crippen LogP contribution in [0.4, 0.5) is 0 Å². The summed E-state index contributed by atoms with van der Waals surface area (Å²) in [6.07, 6.45) is 1.24. The maximum absolute atomic E-state index is 11.5. The van der Waals surface area contributed by atoms with Gasteiger partial charge in [-0.25, -0.2) is 0 Å². The minimum atomic E-state index is 0. The number of hydrogen-bond acceptors (Lipinski definition) is 4. The molecule has 0 saturated carbocycles. The number of nitrogens with zero attached hydrogens (tertiary/aromatic N) is 5. The van der Waals surface area contributed by atoms with Crippen LogP contribution in [-0.2, 0) is 4.79 Å². The first-order chi connectivity index (χ1) is 11.6. The van der Waals surface area contributed by atoms with Crippen LogP contribution in [0, 0.1) is 0 Å². The molecule has 0 bridgehead atoms. The van der Waals surface area contributed by atoms with Crippen LogP contribution in [0.5, 0.6) is 0 Å². The molecular formula is C17H35IN6O. The minimum absolute atomic E-state index is 0. The maximum atomic E-state index is 11.5. The molecule has 7 nitrogen and oxygen atoms in total. The van der Waals surface area contributed by atoms with E-state index in [9.17, 15) is 4.79 Å². The molecule has 2 aliphatic heterocycles. The third kappa shape index (κ3) is 7.65. The van der Waals surface area contributed by atoms with E-state index in [1.807, 2.05) is 4.90 Å². The van der Waals surface area contributed by atoms with E-state index in [-0.39, 0.29) is 29.9 Å². The Bertz CT molecular complexity index is 425. The summed E-state index contributed by atoms with van der Waals surface area (Å²) < 4.78 is 0. The number of nitrogens with one attached hydrogen (secondary N) is 1. The Morgan fingerprint density at radius 2 is 1.68 bits per heavy atom. The van der Waals surface area contributed by atoms with Crippen LogP contribution in [0.3, 0.4) is 0 Å². The fourth-order valence-electron chi connectivity index (χ4n) is 3.28. The first-order valence-electron chi connectivity index (χ1n) is 9.30. The first-order valence-corrected chi connectivity index (χ1v) is 9.30. The van der Waals surface area contributed by atoms with Crippen molar-refractivity contribution in [3.8, 4) is 0 Å². The van der Waals surface area contributed by atoms with E-state index in [2.05, 4.69) is 34.0 Å². The molecule has 1 amide bonds. The molecule has 2 fully saturated rings. The van der Waals surface area contributed by atoms with Crippen molar-refractivity contribution in [1.29, 1.82) is 0 Å². The zero-order valence-electron chi connectivity index (χ0n) is 16.0. The molecule has 0 radical (unpaired) electrons. The highest BCUT2D eigenvalue weighted by Gasteiger charge is 2.21. The lowest BCUT2D eigenvalue weighted by atomic mass is 10.3. The lowest BCUT2D eigenvalue weighted by Gasteiger charge is -2.36. The second-order valence-corrected chi connectivity index (χ2v) is 6.73. The molecule has 2 saturated heterocycles. The van der Waals surface area contributed by atoms with Crippen molar-refractivity contribution in [1.82, 2.24) is 24.9 Å². The van der Waals surface area contributed by atoms with Crippen molar-refractivity contribution in [3.63, 3.8) is 0 Å². The van der Waals surface area contributed by atoms with Gasteiger partial charge in [-0.3, -0.25) is 9.79 Å². The summed E-state index contributed by atoms with van der Waals surface area (Å²) in [4.78, 5) is 25.4. The van der Waals surface area contributed by atoms with E-state index in [0.29, 0.717) is 0 Å². The summed E-state index contributed by atoms with van der Waals surface area (Å²) in [6, 6.07) is 0. The highest BCUT2D eigenvalue weighted by Crippen LogP contribution is 2.04. The zero-order valence-corrected chi connectivity index (χ0v) is 18.4. The van der Waals surface area contributed by atoms with Crippen molar-refractivity contribution < 1.29 is 4.79 Å². The number of likely N-dealkylation sites (N-methyl/N-ethyl adjacent to an activating group) is 1. The molecule has 0 atom stereocenters. The Hall–Kier alpha value is -0.610. The summed E-state index contributed by atoms with van der Waals surface area (Å²) >= 11 is 0. The van der Waals surface area contributed by atoms with Crippen molar-refractivity contribution in [3.05, 3.63) is 0 Å². The first kappa shape index (κ1) is 22.4. The lowest BCUT2D eigenvalue weighted by molar-refractivity contribution is -0.130. The standard InChI is InChI=1S/C17H34N6O.HI/c1-4-18-17(23-14-12-22(13-15-23)16(2)24)19-6-9-21-8-5-7-20(3)10-11-21;/h4-15H2,1-3H3,(H,18,19);1H. The SMILES string of the molecule is CCNC(=NCCN1CCCN(C)CC1)N1CCN(C(C)=O)CC1.I. The summed E-state index contributed by atoms with van der Waals surface area (Å²) in [7, 11) is 2.20. The molecule has 0 unspecified atom stereocenters. The summed E-state index contributed by atoms with van der Waals surface area (Å²) in [5.41, 5.74) is 0. The Labute approximate surface area is 169 Å². The second kappa shape index (κ2) is 11.9. The van der Waals surface area contributed by atoms with Gasteiger partial charge in [-0.2, -0.15) is 0 Å². The molecule has 0 aliphatic carbocycles. The smallest absolute Gasteiger partial charge is 0.219 e. The van der Waals surface area contributed by atoms with Gasteiger partial charge in [0.15, 0.2) is 5.96 Å². The van der Waals surface area contributed by atoms with Gasteiger partial charge in [-0.15, -0.1) is 24.0 Å². The average Bonchev–Trinajstić information content (AvgIpc) is 2.79. The molecule has 8 heteroatoms. The summed E-state index contributed by atoms with van der Waals surface area (Å²) in [5, 5.41) is 3.40. The van der Waals surface area contributed by atoms with Crippen LogP contribution >= 0.6 is 24.0 Å². The van der Waals surface area contributed by atoms with Crippen molar-refractivity contribution >= 4 is 35.8 Å². The fraction of sp³-hybridized carbons (Fsp3) is 0.882. The Kier molecular flexibility index (Phi) is 10.7. The van der Waals surface area contributed by atoms with E-state index in [4.69, 9.17) is 4.99 Å². The number of piperazine rings is 1. The van der Waals surface area contributed by atoms with Crippen LogP contribution in [0.15, 0.2) is 4.99 Å². The molecule has 2 aliphatic rings. The zero-order chi connectivity index (χ0) is 17.4. The van der Waals surface area contributed by atoms with Gasteiger partial charge in [0, 0.05) is 59.3 Å². The second-order valence-electron chi connectivity index (χ2n) is 6.73. The largest absolute Gasteiger partial charge is 0.357 e. The molecule has 25 heavy (non-hydrogen) atoms. The fourth-order valence-corrected chi connectivity index (χ4v) is 3.28. The number of rotatable bonds is 4. The van der Waals surface area contributed by atoms with E-state index in [1.54, 1.807) is 6.92 Å². The molecule has 0 aromatic heterocycles. The average molecular weight is 466 g/mol. The predicted octanol–water partition coefficient (Wildman–Crippen LogP) is 0.372.